The summed E-state index contributed by atoms with van der Waals surface area (Å²) in [5, 5.41) is 2.56. The van der Waals surface area contributed by atoms with Crippen molar-refractivity contribution in [3.8, 4) is 0 Å². The molecule has 0 aromatic carbocycles. The Hall–Kier alpha value is -1.95. The normalized spacial score (nSPS) is 32.1. The second kappa shape index (κ2) is 11.2. The molecule has 14 heteroatoms. The Balaban J connectivity index is 1.65. The zero-order chi connectivity index (χ0) is 26.8. The van der Waals surface area contributed by atoms with Crippen LogP contribution < -0.4 is 5.32 Å². The number of carbonyl (C=O) groups is 3. The fourth-order valence-electron chi connectivity index (χ4n) is 3.82. The first kappa shape index (κ1) is 28.6. The molecular weight excluding hydrogens is 519 g/mol. The van der Waals surface area contributed by atoms with Gasteiger partial charge in [0.1, 0.15) is 17.1 Å². The highest BCUT2D eigenvalue weighted by molar-refractivity contribution is 7.48. The summed E-state index contributed by atoms with van der Waals surface area (Å²) in [6, 6.07) is -0.494. The minimum absolute atomic E-state index is 0.179. The molecule has 3 aliphatic heterocycles. The molecule has 0 bridgehead atoms. The highest BCUT2D eigenvalue weighted by Gasteiger charge is 2.61. The number of phosphoric ester groups is 1. The standard InChI is InChI=1S/C22H32ClN2O10P/c1-12(2)32-18(26)15(19(27)33-13(3)4)8-10-30-36(29)31-11-16-17(35-36)22(6,23)20(34-16)25-9-7-14(5)24-21(25)28/h7,9,12-13,15-17,20H,5,8,10-11H2,1-4,6H3,(H,24,28)/t16-,17-,20-,22-,36+/m1/s1. The van der Waals surface area contributed by atoms with E-state index in [1.165, 1.54) is 11.1 Å². The first-order valence-electron chi connectivity index (χ1n) is 11.5. The predicted octanol–water partition coefficient (Wildman–Crippen LogP) is 3.21. The minimum atomic E-state index is -4.15. The van der Waals surface area contributed by atoms with Crippen molar-refractivity contribution < 1.29 is 46.7 Å². The number of nitrogens with zero attached hydrogens (tertiary/aromatic N) is 1. The second-order valence-corrected chi connectivity index (χ2v) is 11.7. The van der Waals surface area contributed by atoms with Gasteiger partial charge in [-0.05, 0) is 47.1 Å². The Labute approximate surface area is 214 Å². The summed E-state index contributed by atoms with van der Waals surface area (Å²) in [6.07, 6.45) is -0.661. The minimum Gasteiger partial charge on any atom is -0.462 e. The smallest absolute Gasteiger partial charge is 0.462 e. The van der Waals surface area contributed by atoms with Crippen molar-refractivity contribution in [2.24, 2.45) is 5.92 Å². The number of carbonyl (C=O) groups excluding carboxylic acids is 3. The summed E-state index contributed by atoms with van der Waals surface area (Å²) in [5.74, 6) is -2.84. The fourth-order valence-corrected chi connectivity index (χ4v) is 5.71. The van der Waals surface area contributed by atoms with Crippen LogP contribution in [-0.2, 0) is 41.9 Å². The van der Waals surface area contributed by atoms with Gasteiger partial charge in [-0.2, -0.15) is 0 Å². The SMILES string of the molecule is C=C1C=CN([C@@H]2O[C@@H]3CO[P@](=O)(OCCC(C(=O)OC(C)C)C(=O)OC(C)C)O[C@H]3[C@@]2(C)Cl)C(=O)N1. The van der Waals surface area contributed by atoms with Gasteiger partial charge in [0.25, 0.3) is 0 Å². The van der Waals surface area contributed by atoms with Crippen molar-refractivity contribution in [1.29, 1.82) is 0 Å². The zero-order valence-corrected chi connectivity index (χ0v) is 22.5. The number of alkyl halides is 1. The van der Waals surface area contributed by atoms with Crippen molar-refractivity contribution in [2.75, 3.05) is 13.2 Å². The van der Waals surface area contributed by atoms with Crippen LogP contribution >= 0.6 is 19.4 Å². The molecule has 3 aliphatic rings. The van der Waals surface area contributed by atoms with Crippen molar-refractivity contribution in [1.82, 2.24) is 10.2 Å². The van der Waals surface area contributed by atoms with Crippen LogP contribution in [0, 0.1) is 5.92 Å². The van der Waals surface area contributed by atoms with Gasteiger partial charge >= 0.3 is 25.8 Å². The molecule has 0 spiro atoms. The third-order valence-corrected chi connectivity index (χ3v) is 7.29. The number of esters is 2. The third kappa shape index (κ3) is 6.48. The van der Waals surface area contributed by atoms with Gasteiger partial charge in [0.15, 0.2) is 12.1 Å². The van der Waals surface area contributed by atoms with E-state index in [9.17, 15) is 18.9 Å². The number of halogens is 1. The molecule has 36 heavy (non-hydrogen) atoms. The maximum absolute atomic E-state index is 13.2. The fraction of sp³-hybridized carbons (Fsp3) is 0.682. The molecular formula is C22H32ClN2O10P. The molecule has 0 radical (unpaired) electrons. The monoisotopic (exact) mass is 550 g/mol. The summed E-state index contributed by atoms with van der Waals surface area (Å²) in [4.78, 5) is 37.2. The van der Waals surface area contributed by atoms with Gasteiger partial charge in [-0.1, -0.05) is 6.58 Å². The Morgan fingerprint density at radius 1 is 1.28 bits per heavy atom. The lowest BCUT2D eigenvalue weighted by atomic mass is 10.0. The van der Waals surface area contributed by atoms with Crippen LogP contribution in [-0.4, -0.2) is 71.6 Å². The molecule has 0 aliphatic carbocycles. The number of rotatable bonds is 9. The summed E-state index contributed by atoms with van der Waals surface area (Å²) in [7, 11) is -4.15. The van der Waals surface area contributed by atoms with Crippen molar-refractivity contribution >= 4 is 37.4 Å². The van der Waals surface area contributed by atoms with Gasteiger partial charge in [-0.15, -0.1) is 11.6 Å². The number of hydrogen-bond donors (Lipinski definition) is 1. The van der Waals surface area contributed by atoms with Gasteiger partial charge in [0.05, 0.1) is 25.4 Å². The average Bonchev–Trinajstić information content (AvgIpc) is 3.00. The quantitative estimate of drug-likeness (QED) is 0.197. The molecule has 5 atom stereocenters. The topological polar surface area (TPSA) is 139 Å². The van der Waals surface area contributed by atoms with E-state index in [-0.39, 0.29) is 19.6 Å². The lowest BCUT2D eigenvalue weighted by Gasteiger charge is -2.37. The first-order chi connectivity index (χ1) is 16.7. The van der Waals surface area contributed by atoms with Crippen LogP contribution in [0.15, 0.2) is 24.6 Å². The van der Waals surface area contributed by atoms with Gasteiger partial charge in [0.2, 0.25) is 0 Å². The zero-order valence-electron chi connectivity index (χ0n) is 20.8. The highest BCUT2D eigenvalue weighted by Crippen LogP contribution is 2.59. The van der Waals surface area contributed by atoms with E-state index in [0.717, 1.165) is 0 Å². The molecule has 0 saturated carbocycles. The van der Waals surface area contributed by atoms with Crippen LogP contribution in [0.1, 0.15) is 41.0 Å². The van der Waals surface area contributed by atoms with Crippen molar-refractivity contribution in [2.45, 2.75) is 76.6 Å². The lowest BCUT2D eigenvalue weighted by Crippen LogP contribution is -2.53. The van der Waals surface area contributed by atoms with E-state index < -0.39 is 67.2 Å². The third-order valence-electron chi connectivity index (χ3n) is 5.44. The summed E-state index contributed by atoms with van der Waals surface area (Å²) in [6.45, 7) is 11.3. The number of fused-ring (bicyclic) bond motifs is 1. The molecule has 0 aromatic rings. The second-order valence-electron chi connectivity index (χ2n) is 9.27. The average molecular weight is 551 g/mol. The van der Waals surface area contributed by atoms with Gasteiger partial charge in [0, 0.05) is 11.9 Å². The predicted molar refractivity (Wildman–Crippen MR) is 127 cm³/mol. The Bertz CT molecular complexity index is 946. The van der Waals surface area contributed by atoms with Crippen LogP contribution in [0.3, 0.4) is 0 Å². The van der Waals surface area contributed by atoms with Gasteiger partial charge < -0.3 is 19.5 Å². The molecule has 0 unspecified atom stereocenters. The van der Waals surface area contributed by atoms with Crippen molar-refractivity contribution in [3.05, 3.63) is 24.6 Å². The molecule has 3 rings (SSSR count). The molecule has 3 heterocycles. The number of amides is 2. The number of hydrogen-bond acceptors (Lipinski definition) is 10. The number of ether oxygens (including phenoxy) is 3. The van der Waals surface area contributed by atoms with Gasteiger partial charge in [-0.3, -0.25) is 28.1 Å². The molecule has 202 valence electrons. The number of nitrogens with one attached hydrogen (secondary N) is 1. The lowest BCUT2D eigenvalue weighted by molar-refractivity contribution is -0.167. The number of urea groups is 1. The molecule has 2 amide bonds. The summed E-state index contributed by atoms with van der Waals surface area (Å²) < 4.78 is 45.7. The van der Waals surface area contributed by atoms with Crippen LogP contribution in [0.2, 0.25) is 0 Å². The maximum Gasteiger partial charge on any atom is 0.475 e. The first-order valence-corrected chi connectivity index (χ1v) is 13.4. The van der Waals surface area contributed by atoms with Gasteiger partial charge in [-0.25, -0.2) is 9.36 Å². The van der Waals surface area contributed by atoms with Crippen LogP contribution in [0.25, 0.3) is 0 Å². The summed E-state index contributed by atoms with van der Waals surface area (Å²) in [5.41, 5.74) is 0.410. The molecule has 0 aromatic heterocycles. The molecule has 12 nitrogen and oxygen atoms in total. The number of allylic oxidation sites excluding steroid dienone is 1. The number of phosphoric acid groups is 1. The Kier molecular flexibility index (Phi) is 8.91. The van der Waals surface area contributed by atoms with E-state index in [4.69, 9.17) is 39.4 Å². The van der Waals surface area contributed by atoms with E-state index in [2.05, 4.69) is 11.9 Å². The Morgan fingerprint density at radius 3 is 2.44 bits per heavy atom. The molecule has 1 N–H and O–H groups in total. The van der Waals surface area contributed by atoms with E-state index in [1.807, 2.05) is 0 Å². The molecule has 2 fully saturated rings. The summed E-state index contributed by atoms with van der Waals surface area (Å²) >= 11 is 6.75. The highest BCUT2D eigenvalue weighted by atomic mass is 35.5. The maximum atomic E-state index is 13.2. The Morgan fingerprint density at radius 2 is 1.89 bits per heavy atom. The van der Waals surface area contributed by atoms with Crippen molar-refractivity contribution in [3.63, 3.8) is 0 Å². The molecule has 2 saturated heterocycles. The van der Waals surface area contributed by atoms with Crippen LogP contribution in [0.4, 0.5) is 4.79 Å². The van der Waals surface area contributed by atoms with E-state index in [1.54, 1.807) is 40.7 Å². The van der Waals surface area contributed by atoms with E-state index in [0.29, 0.717) is 5.70 Å². The largest absolute Gasteiger partial charge is 0.475 e. The van der Waals surface area contributed by atoms with Crippen LogP contribution in [0.5, 0.6) is 0 Å². The van der Waals surface area contributed by atoms with E-state index >= 15 is 0 Å².